The van der Waals surface area contributed by atoms with Crippen molar-refractivity contribution in [2.45, 2.75) is 12.5 Å². The standard InChI is InChI=1S/C15H16N2O/c1-18-14-7-4-8-17-15(14)13-10-16-9-11-5-2-3-6-12(11)13/h2-8,13,16H,9-10H2,1H3. The van der Waals surface area contributed by atoms with Gasteiger partial charge in [0.05, 0.1) is 12.8 Å². The third kappa shape index (κ3) is 1.87. The zero-order valence-corrected chi connectivity index (χ0v) is 10.4. The Bertz CT molecular complexity index is 554. The Morgan fingerprint density at radius 2 is 2.11 bits per heavy atom. The summed E-state index contributed by atoms with van der Waals surface area (Å²) in [5.41, 5.74) is 3.72. The molecule has 0 saturated carbocycles. The van der Waals surface area contributed by atoms with Gasteiger partial charge in [-0.3, -0.25) is 4.98 Å². The summed E-state index contributed by atoms with van der Waals surface area (Å²) in [5, 5.41) is 3.45. The second-order valence-corrected chi connectivity index (χ2v) is 4.47. The zero-order chi connectivity index (χ0) is 12.4. The van der Waals surface area contributed by atoms with Crippen LogP contribution in [0.1, 0.15) is 22.7 Å². The highest BCUT2D eigenvalue weighted by molar-refractivity contribution is 5.42. The first-order chi connectivity index (χ1) is 8.90. The molecule has 1 atom stereocenters. The van der Waals surface area contributed by atoms with Crippen LogP contribution in [0.25, 0.3) is 0 Å². The number of pyridine rings is 1. The molecule has 0 amide bonds. The van der Waals surface area contributed by atoms with Crippen LogP contribution in [-0.4, -0.2) is 18.6 Å². The fraction of sp³-hybridized carbons (Fsp3) is 0.267. The highest BCUT2D eigenvalue weighted by Gasteiger charge is 2.24. The van der Waals surface area contributed by atoms with E-state index in [1.165, 1.54) is 11.1 Å². The van der Waals surface area contributed by atoms with E-state index in [4.69, 9.17) is 4.74 Å². The van der Waals surface area contributed by atoms with E-state index in [0.29, 0.717) is 0 Å². The van der Waals surface area contributed by atoms with E-state index in [2.05, 4.69) is 34.6 Å². The molecule has 2 heterocycles. The third-order valence-corrected chi connectivity index (χ3v) is 3.44. The summed E-state index contributed by atoms with van der Waals surface area (Å²) in [6.45, 7) is 1.84. The number of fused-ring (bicyclic) bond motifs is 1. The van der Waals surface area contributed by atoms with Gasteiger partial charge in [-0.15, -0.1) is 0 Å². The van der Waals surface area contributed by atoms with Gasteiger partial charge >= 0.3 is 0 Å². The first-order valence-electron chi connectivity index (χ1n) is 6.17. The molecule has 0 spiro atoms. The van der Waals surface area contributed by atoms with E-state index in [1.54, 1.807) is 7.11 Å². The van der Waals surface area contributed by atoms with Crippen LogP contribution in [0.3, 0.4) is 0 Å². The van der Waals surface area contributed by atoms with Crippen LogP contribution in [0.4, 0.5) is 0 Å². The molecule has 92 valence electrons. The van der Waals surface area contributed by atoms with Gasteiger partial charge in [0.15, 0.2) is 0 Å². The monoisotopic (exact) mass is 240 g/mol. The molecule has 0 bridgehead atoms. The molecule has 3 nitrogen and oxygen atoms in total. The Balaban J connectivity index is 2.08. The number of aromatic nitrogens is 1. The van der Waals surface area contributed by atoms with Crippen molar-refractivity contribution in [3.8, 4) is 5.75 Å². The molecular formula is C15H16N2O. The first-order valence-corrected chi connectivity index (χ1v) is 6.17. The van der Waals surface area contributed by atoms with Gasteiger partial charge in [0.25, 0.3) is 0 Å². The first kappa shape index (κ1) is 11.2. The van der Waals surface area contributed by atoms with Gasteiger partial charge < -0.3 is 10.1 Å². The van der Waals surface area contributed by atoms with E-state index >= 15 is 0 Å². The lowest BCUT2D eigenvalue weighted by Gasteiger charge is -2.26. The van der Waals surface area contributed by atoms with Gasteiger partial charge in [0, 0.05) is 25.2 Å². The van der Waals surface area contributed by atoms with Crippen molar-refractivity contribution in [1.82, 2.24) is 10.3 Å². The molecule has 1 unspecified atom stereocenters. The van der Waals surface area contributed by atoms with Crippen LogP contribution < -0.4 is 10.1 Å². The topological polar surface area (TPSA) is 34.1 Å². The minimum Gasteiger partial charge on any atom is -0.495 e. The normalized spacial score (nSPS) is 18.2. The molecule has 1 aliphatic heterocycles. The Labute approximate surface area is 107 Å². The minimum absolute atomic E-state index is 0.270. The summed E-state index contributed by atoms with van der Waals surface area (Å²) in [5.74, 6) is 1.13. The van der Waals surface area contributed by atoms with Crippen LogP contribution >= 0.6 is 0 Å². The Hall–Kier alpha value is -1.87. The number of nitrogens with zero attached hydrogens (tertiary/aromatic N) is 1. The van der Waals surface area contributed by atoms with Gasteiger partial charge in [-0.1, -0.05) is 24.3 Å². The summed E-state index contributed by atoms with van der Waals surface area (Å²) in [7, 11) is 1.70. The average Bonchev–Trinajstić information content (AvgIpc) is 2.46. The van der Waals surface area contributed by atoms with Crippen LogP contribution in [0.5, 0.6) is 5.75 Å². The van der Waals surface area contributed by atoms with Gasteiger partial charge in [0.1, 0.15) is 5.75 Å². The van der Waals surface area contributed by atoms with E-state index in [-0.39, 0.29) is 5.92 Å². The van der Waals surface area contributed by atoms with Crippen molar-refractivity contribution >= 4 is 0 Å². The Morgan fingerprint density at radius 3 is 3.00 bits per heavy atom. The largest absolute Gasteiger partial charge is 0.495 e. The molecule has 1 aliphatic rings. The van der Waals surface area contributed by atoms with Crippen molar-refractivity contribution in [2.75, 3.05) is 13.7 Å². The summed E-state index contributed by atoms with van der Waals surface area (Å²) in [6, 6.07) is 12.4. The number of benzene rings is 1. The van der Waals surface area contributed by atoms with Crippen molar-refractivity contribution in [2.24, 2.45) is 0 Å². The van der Waals surface area contributed by atoms with Crippen LogP contribution in [0.2, 0.25) is 0 Å². The molecule has 0 radical (unpaired) electrons. The summed E-state index contributed by atoms with van der Waals surface area (Å²) in [6.07, 6.45) is 1.83. The summed E-state index contributed by atoms with van der Waals surface area (Å²) >= 11 is 0. The Morgan fingerprint density at radius 1 is 1.22 bits per heavy atom. The quantitative estimate of drug-likeness (QED) is 0.874. The molecule has 1 N–H and O–H groups in total. The second kappa shape index (κ2) is 4.78. The number of nitrogens with one attached hydrogen (secondary N) is 1. The highest BCUT2D eigenvalue weighted by atomic mass is 16.5. The number of hydrogen-bond donors (Lipinski definition) is 1. The molecule has 1 aromatic carbocycles. The lowest BCUT2D eigenvalue weighted by molar-refractivity contribution is 0.401. The molecule has 18 heavy (non-hydrogen) atoms. The van der Waals surface area contributed by atoms with Gasteiger partial charge in [-0.05, 0) is 23.3 Å². The van der Waals surface area contributed by atoms with Crippen LogP contribution in [0.15, 0.2) is 42.6 Å². The maximum atomic E-state index is 5.42. The second-order valence-electron chi connectivity index (χ2n) is 4.47. The van der Waals surface area contributed by atoms with Crippen molar-refractivity contribution < 1.29 is 4.74 Å². The van der Waals surface area contributed by atoms with E-state index in [9.17, 15) is 0 Å². The maximum Gasteiger partial charge on any atom is 0.141 e. The molecule has 3 heteroatoms. The number of hydrogen-bond acceptors (Lipinski definition) is 3. The number of ether oxygens (including phenoxy) is 1. The third-order valence-electron chi connectivity index (χ3n) is 3.44. The van der Waals surface area contributed by atoms with Crippen LogP contribution in [-0.2, 0) is 6.54 Å². The molecule has 0 saturated heterocycles. The molecule has 0 aliphatic carbocycles. The number of rotatable bonds is 2. The fourth-order valence-electron chi connectivity index (χ4n) is 2.58. The van der Waals surface area contributed by atoms with Gasteiger partial charge in [-0.25, -0.2) is 0 Å². The minimum atomic E-state index is 0.270. The lowest BCUT2D eigenvalue weighted by Crippen LogP contribution is -2.29. The zero-order valence-electron chi connectivity index (χ0n) is 10.4. The van der Waals surface area contributed by atoms with Crippen molar-refractivity contribution in [3.63, 3.8) is 0 Å². The SMILES string of the molecule is COc1cccnc1C1CNCc2ccccc21. The predicted molar refractivity (Wildman–Crippen MR) is 70.8 cm³/mol. The molecule has 3 rings (SSSR count). The Kier molecular flexibility index (Phi) is 2.99. The van der Waals surface area contributed by atoms with Gasteiger partial charge in [-0.2, -0.15) is 0 Å². The van der Waals surface area contributed by atoms with Crippen molar-refractivity contribution in [3.05, 3.63) is 59.4 Å². The smallest absolute Gasteiger partial charge is 0.141 e. The van der Waals surface area contributed by atoms with E-state index in [0.717, 1.165) is 24.5 Å². The highest BCUT2D eigenvalue weighted by Crippen LogP contribution is 2.33. The molecular weight excluding hydrogens is 224 g/mol. The van der Waals surface area contributed by atoms with Crippen molar-refractivity contribution in [1.29, 1.82) is 0 Å². The van der Waals surface area contributed by atoms with E-state index < -0.39 is 0 Å². The molecule has 0 fully saturated rings. The summed E-state index contributed by atoms with van der Waals surface area (Å²) in [4.78, 5) is 4.51. The predicted octanol–water partition coefficient (Wildman–Crippen LogP) is 2.33. The lowest BCUT2D eigenvalue weighted by atomic mass is 9.88. The molecule has 1 aromatic heterocycles. The number of methoxy groups -OCH3 is 1. The average molecular weight is 240 g/mol. The fourth-order valence-corrected chi connectivity index (χ4v) is 2.58. The summed E-state index contributed by atoms with van der Waals surface area (Å²) < 4.78 is 5.42. The van der Waals surface area contributed by atoms with Crippen LogP contribution in [0, 0.1) is 0 Å². The maximum absolute atomic E-state index is 5.42. The van der Waals surface area contributed by atoms with E-state index in [1.807, 2.05) is 18.3 Å². The van der Waals surface area contributed by atoms with Gasteiger partial charge in [0.2, 0.25) is 0 Å². The molecule has 2 aromatic rings.